The van der Waals surface area contributed by atoms with Crippen molar-refractivity contribution in [2.75, 3.05) is 6.61 Å². The van der Waals surface area contributed by atoms with Crippen molar-refractivity contribution in [1.82, 2.24) is 5.32 Å². The average molecular weight is 388 g/mol. The molecular formula is C21H22ClNO4. The molecule has 0 unspecified atom stereocenters. The van der Waals surface area contributed by atoms with Crippen molar-refractivity contribution in [3.05, 3.63) is 64.7 Å². The first kappa shape index (κ1) is 19.2. The molecule has 1 N–H and O–H groups in total. The van der Waals surface area contributed by atoms with Gasteiger partial charge in [-0.15, -0.1) is 0 Å². The monoisotopic (exact) mass is 387 g/mol. The number of ether oxygens (including phenoxy) is 2. The summed E-state index contributed by atoms with van der Waals surface area (Å²) in [5.74, 6) is -0.402. The van der Waals surface area contributed by atoms with Gasteiger partial charge in [0.05, 0.1) is 6.04 Å². The smallest absolute Gasteiger partial charge is 0.344 e. The van der Waals surface area contributed by atoms with Gasteiger partial charge >= 0.3 is 5.97 Å². The van der Waals surface area contributed by atoms with E-state index in [1.807, 2.05) is 18.2 Å². The highest BCUT2D eigenvalue weighted by molar-refractivity contribution is 6.30. The van der Waals surface area contributed by atoms with Crippen molar-refractivity contribution in [2.45, 2.75) is 38.3 Å². The molecule has 0 saturated heterocycles. The van der Waals surface area contributed by atoms with Crippen LogP contribution < -0.4 is 10.1 Å². The van der Waals surface area contributed by atoms with E-state index in [4.69, 9.17) is 21.1 Å². The fourth-order valence-corrected chi connectivity index (χ4v) is 3.28. The van der Waals surface area contributed by atoms with Crippen LogP contribution in [0.1, 0.15) is 36.9 Å². The van der Waals surface area contributed by atoms with E-state index < -0.39 is 12.1 Å². The van der Waals surface area contributed by atoms with Crippen molar-refractivity contribution in [3.63, 3.8) is 0 Å². The SMILES string of the molecule is C[C@@H](OC(=O)COc1ccc(Cl)cc1)C(=O)N[C@H]1CCCc2ccccc21. The highest BCUT2D eigenvalue weighted by Crippen LogP contribution is 2.29. The number of aryl methyl sites for hydroxylation is 1. The van der Waals surface area contributed by atoms with E-state index in [9.17, 15) is 9.59 Å². The average Bonchev–Trinajstić information content (AvgIpc) is 2.68. The van der Waals surface area contributed by atoms with Gasteiger partial charge in [0.25, 0.3) is 5.91 Å². The van der Waals surface area contributed by atoms with Gasteiger partial charge in [-0.05, 0) is 61.6 Å². The molecule has 0 saturated carbocycles. The van der Waals surface area contributed by atoms with Gasteiger partial charge in [0.1, 0.15) is 5.75 Å². The summed E-state index contributed by atoms with van der Waals surface area (Å²) < 4.78 is 10.5. The van der Waals surface area contributed by atoms with Gasteiger partial charge in [0, 0.05) is 5.02 Å². The van der Waals surface area contributed by atoms with Crippen LogP contribution in [-0.2, 0) is 20.7 Å². The summed E-state index contributed by atoms with van der Waals surface area (Å²) >= 11 is 5.80. The first-order chi connectivity index (χ1) is 13.0. The summed E-state index contributed by atoms with van der Waals surface area (Å²) in [5.41, 5.74) is 2.40. The zero-order valence-electron chi connectivity index (χ0n) is 15.1. The van der Waals surface area contributed by atoms with Crippen LogP contribution in [0.25, 0.3) is 0 Å². The van der Waals surface area contributed by atoms with E-state index in [1.54, 1.807) is 31.2 Å². The molecule has 2 aromatic carbocycles. The molecule has 0 fully saturated rings. The number of rotatable bonds is 6. The number of amides is 1. The van der Waals surface area contributed by atoms with Crippen LogP contribution in [0.15, 0.2) is 48.5 Å². The van der Waals surface area contributed by atoms with Gasteiger partial charge in [-0.1, -0.05) is 35.9 Å². The van der Waals surface area contributed by atoms with E-state index in [-0.39, 0.29) is 18.6 Å². The lowest BCUT2D eigenvalue weighted by molar-refractivity contribution is -0.156. The molecule has 0 spiro atoms. The molecule has 3 rings (SSSR count). The van der Waals surface area contributed by atoms with Crippen LogP contribution in [0, 0.1) is 0 Å². The van der Waals surface area contributed by atoms with Crippen molar-refractivity contribution in [2.24, 2.45) is 0 Å². The molecule has 0 radical (unpaired) electrons. The predicted molar refractivity (Wildman–Crippen MR) is 103 cm³/mol. The van der Waals surface area contributed by atoms with Gasteiger partial charge in [-0.3, -0.25) is 4.79 Å². The lowest BCUT2D eigenvalue weighted by Crippen LogP contribution is -2.39. The third kappa shape index (κ3) is 5.23. The maximum absolute atomic E-state index is 12.4. The van der Waals surface area contributed by atoms with Crippen molar-refractivity contribution in [1.29, 1.82) is 0 Å². The minimum atomic E-state index is -0.889. The molecule has 1 aliphatic carbocycles. The fourth-order valence-electron chi connectivity index (χ4n) is 3.15. The number of fused-ring (bicyclic) bond motifs is 1. The highest BCUT2D eigenvalue weighted by Gasteiger charge is 2.25. The standard InChI is InChI=1S/C21H22ClNO4/c1-14(27-20(24)13-26-17-11-9-16(22)10-12-17)21(25)23-19-8-4-6-15-5-2-3-7-18(15)19/h2-3,5,7,9-12,14,19H,4,6,8,13H2,1H3,(H,23,25)/t14-,19+/m1/s1. The summed E-state index contributed by atoms with van der Waals surface area (Å²) in [4.78, 5) is 24.4. The first-order valence-corrected chi connectivity index (χ1v) is 9.37. The van der Waals surface area contributed by atoms with E-state index in [0.717, 1.165) is 24.8 Å². The molecule has 1 amide bonds. The molecule has 27 heavy (non-hydrogen) atoms. The zero-order valence-corrected chi connectivity index (χ0v) is 15.9. The van der Waals surface area contributed by atoms with Crippen molar-refractivity contribution >= 4 is 23.5 Å². The van der Waals surface area contributed by atoms with Crippen LogP contribution in [0.5, 0.6) is 5.75 Å². The summed E-state index contributed by atoms with van der Waals surface area (Å²) in [6, 6.07) is 14.7. The van der Waals surface area contributed by atoms with Gasteiger partial charge < -0.3 is 14.8 Å². The fraction of sp³-hybridized carbons (Fsp3) is 0.333. The lowest BCUT2D eigenvalue weighted by Gasteiger charge is -2.27. The van der Waals surface area contributed by atoms with Crippen LogP contribution in [0.3, 0.4) is 0 Å². The molecule has 0 bridgehead atoms. The largest absolute Gasteiger partial charge is 0.482 e. The maximum atomic E-state index is 12.4. The van der Waals surface area contributed by atoms with Crippen molar-refractivity contribution in [3.8, 4) is 5.75 Å². The van der Waals surface area contributed by atoms with E-state index >= 15 is 0 Å². The molecular weight excluding hydrogens is 366 g/mol. The highest BCUT2D eigenvalue weighted by atomic mass is 35.5. The number of carbonyl (C=O) groups excluding carboxylic acids is 2. The molecule has 0 aromatic heterocycles. The summed E-state index contributed by atoms with van der Waals surface area (Å²) in [5, 5.41) is 3.57. The van der Waals surface area contributed by atoms with Crippen LogP contribution in [0.2, 0.25) is 5.02 Å². The van der Waals surface area contributed by atoms with Gasteiger partial charge in [-0.2, -0.15) is 0 Å². The number of hydrogen-bond acceptors (Lipinski definition) is 4. The van der Waals surface area contributed by atoms with Crippen LogP contribution >= 0.6 is 11.6 Å². The van der Waals surface area contributed by atoms with Crippen LogP contribution in [-0.4, -0.2) is 24.6 Å². The number of hydrogen-bond donors (Lipinski definition) is 1. The van der Waals surface area contributed by atoms with Gasteiger partial charge in [0.15, 0.2) is 12.7 Å². The van der Waals surface area contributed by atoms with E-state index in [1.165, 1.54) is 5.56 Å². The maximum Gasteiger partial charge on any atom is 0.344 e. The van der Waals surface area contributed by atoms with Gasteiger partial charge in [0.2, 0.25) is 0 Å². The third-order valence-electron chi connectivity index (χ3n) is 4.53. The topological polar surface area (TPSA) is 64.6 Å². The summed E-state index contributed by atoms with van der Waals surface area (Å²) in [6.45, 7) is 1.29. The van der Waals surface area contributed by atoms with Gasteiger partial charge in [-0.25, -0.2) is 4.79 Å². The van der Waals surface area contributed by atoms with Crippen molar-refractivity contribution < 1.29 is 19.1 Å². The Morgan fingerprint density at radius 3 is 2.70 bits per heavy atom. The zero-order chi connectivity index (χ0) is 19.2. The quantitative estimate of drug-likeness (QED) is 0.765. The molecule has 1 aliphatic rings. The molecule has 2 atom stereocenters. The Morgan fingerprint density at radius 2 is 1.93 bits per heavy atom. The first-order valence-electron chi connectivity index (χ1n) is 8.99. The number of halogens is 1. The molecule has 2 aromatic rings. The van der Waals surface area contributed by atoms with Crippen LogP contribution in [0.4, 0.5) is 0 Å². The Hall–Kier alpha value is -2.53. The normalized spacial score (nSPS) is 16.7. The number of benzene rings is 2. The minimum Gasteiger partial charge on any atom is -0.482 e. The Morgan fingerprint density at radius 1 is 1.19 bits per heavy atom. The Bertz CT molecular complexity index is 806. The summed E-state index contributed by atoms with van der Waals surface area (Å²) in [7, 11) is 0. The molecule has 0 aliphatic heterocycles. The molecule has 142 valence electrons. The lowest BCUT2D eigenvalue weighted by atomic mass is 9.87. The third-order valence-corrected chi connectivity index (χ3v) is 4.79. The second-order valence-corrected chi connectivity index (χ2v) is 6.96. The molecule has 5 nitrogen and oxygen atoms in total. The number of carbonyl (C=O) groups is 2. The molecule has 0 heterocycles. The Kier molecular flexibility index (Phi) is 6.35. The molecule has 6 heteroatoms. The predicted octanol–water partition coefficient (Wildman–Crippen LogP) is 3.84. The summed E-state index contributed by atoms with van der Waals surface area (Å²) in [6.07, 6.45) is 2.03. The number of esters is 1. The number of nitrogens with one attached hydrogen (secondary N) is 1. The van der Waals surface area contributed by atoms with E-state index in [0.29, 0.717) is 10.8 Å². The minimum absolute atomic E-state index is 0.0473. The Labute approximate surface area is 163 Å². The van der Waals surface area contributed by atoms with E-state index in [2.05, 4.69) is 11.4 Å². The second kappa shape index (κ2) is 8.91. The second-order valence-electron chi connectivity index (χ2n) is 6.53. The Balaban J connectivity index is 1.49.